The van der Waals surface area contributed by atoms with Gasteiger partial charge in [0.05, 0.1) is 5.69 Å². The first-order valence-electron chi connectivity index (χ1n) is 6.35. The second kappa shape index (κ2) is 4.42. The van der Waals surface area contributed by atoms with Crippen molar-refractivity contribution < 1.29 is 8.78 Å². The molecule has 0 spiro atoms. The number of nitrogens with two attached hydrogens (primary N) is 1. The highest BCUT2D eigenvalue weighted by Gasteiger charge is 2.25. The van der Waals surface area contributed by atoms with Crippen LogP contribution in [0.5, 0.6) is 0 Å². The first-order valence-corrected chi connectivity index (χ1v) is 6.35. The van der Waals surface area contributed by atoms with E-state index in [1.54, 1.807) is 6.20 Å². The van der Waals surface area contributed by atoms with Crippen LogP contribution < -0.4 is 5.73 Å². The summed E-state index contributed by atoms with van der Waals surface area (Å²) < 4.78 is 29.0. The molecule has 2 aromatic rings. The van der Waals surface area contributed by atoms with Crippen molar-refractivity contribution in [1.82, 2.24) is 9.55 Å². The highest BCUT2D eigenvalue weighted by Crippen LogP contribution is 2.29. The smallest absolute Gasteiger partial charge is 0.132 e. The minimum Gasteiger partial charge on any atom is -0.330 e. The third-order valence-corrected chi connectivity index (χ3v) is 3.77. The number of benzene rings is 1. The van der Waals surface area contributed by atoms with Gasteiger partial charge in [0.2, 0.25) is 0 Å². The Bertz CT molecular complexity index is 621. The lowest BCUT2D eigenvalue weighted by Crippen LogP contribution is -2.35. The zero-order chi connectivity index (χ0) is 13.6. The van der Waals surface area contributed by atoms with Crippen molar-refractivity contribution in [3.05, 3.63) is 41.9 Å². The number of fused-ring (bicyclic) bond motifs is 1. The lowest BCUT2D eigenvalue weighted by molar-refractivity contribution is 0.368. The number of aromatic nitrogens is 2. The number of aryl methyl sites for hydroxylation is 1. The van der Waals surface area contributed by atoms with Crippen molar-refractivity contribution in [3.8, 4) is 11.3 Å². The molecule has 2 N–H and O–H groups in total. The summed E-state index contributed by atoms with van der Waals surface area (Å²) in [6.45, 7) is 2.01. The molecule has 3 rings (SSSR count). The Morgan fingerprint density at radius 3 is 2.95 bits per heavy atom. The molecular weight excluding hydrogens is 248 g/mol. The number of halogens is 2. The van der Waals surface area contributed by atoms with Gasteiger partial charge < -0.3 is 10.3 Å². The zero-order valence-corrected chi connectivity index (χ0v) is 10.6. The monoisotopic (exact) mass is 263 g/mol. The molecule has 0 radical (unpaired) electrons. The Labute approximate surface area is 110 Å². The largest absolute Gasteiger partial charge is 0.330 e. The number of hydrogen-bond acceptors (Lipinski definition) is 2. The molecule has 3 nitrogen and oxygen atoms in total. The summed E-state index contributed by atoms with van der Waals surface area (Å²) in [5, 5.41) is 0. The van der Waals surface area contributed by atoms with E-state index in [4.69, 9.17) is 5.73 Å². The van der Waals surface area contributed by atoms with Crippen LogP contribution in [0.4, 0.5) is 8.78 Å². The Morgan fingerprint density at radius 1 is 1.37 bits per heavy atom. The molecule has 19 heavy (non-hydrogen) atoms. The van der Waals surface area contributed by atoms with Crippen molar-refractivity contribution in [1.29, 1.82) is 0 Å². The fraction of sp³-hybridized carbons (Fsp3) is 0.357. The van der Waals surface area contributed by atoms with Gasteiger partial charge in [0.1, 0.15) is 17.5 Å². The second-order valence-electron chi connectivity index (χ2n) is 5.02. The molecule has 0 saturated heterocycles. The van der Waals surface area contributed by atoms with Crippen molar-refractivity contribution in [2.75, 3.05) is 0 Å². The SMILES string of the molecule is CC1C(N)CCc2nc(-c3cc(F)ccc3F)cn21. The maximum absolute atomic E-state index is 13.8. The van der Waals surface area contributed by atoms with E-state index in [1.165, 1.54) is 6.07 Å². The van der Waals surface area contributed by atoms with Crippen molar-refractivity contribution in [3.63, 3.8) is 0 Å². The van der Waals surface area contributed by atoms with Crippen molar-refractivity contribution >= 4 is 0 Å². The van der Waals surface area contributed by atoms with Crippen LogP contribution in [0, 0.1) is 11.6 Å². The molecule has 1 aromatic carbocycles. The molecule has 1 aliphatic rings. The van der Waals surface area contributed by atoms with E-state index in [2.05, 4.69) is 4.98 Å². The zero-order valence-electron chi connectivity index (χ0n) is 10.6. The highest BCUT2D eigenvalue weighted by molar-refractivity contribution is 5.59. The number of rotatable bonds is 1. The van der Waals surface area contributed by atoms with Gasteiger partial charge in [-0.15, -0.1) is 0 Å². The van der Waals surface area contributed by atoms with Crippen LogP contribution in [0.25, 0.3) is 11.3 Å². The summed E-state index contributed by atoms with van der Waals surface area (Å²) in [7, 11) is 0. The first kappa shape index (κ1) is 12.3. The molecule has 1 aliphatic heterocycles. The summed E-state index contributed by atoms with van der Waals surface area (Å²) in [6, 6.07) is 3.60. The van der Waals surface area contributed by atoms with E-state index in [-0.39, 0.29) is 17.6 Å². The molecule has 2 heterocycles. The summed E-state index contributed by atoms with van der Waals surface area (Å²) in [6.07, 6.45) is 3.39. The van der Waals surface area contributed by atoms with Gasteiger partial charge >= 0.3 is 0 Å². The van der Waals surface area contributed by atoms with E-state index >= 15 is 0 Å². The predicted octanol–water partition coefficient (Wildman–Crippen LogP) is 2.66. The van der Waals surface area contributed by atoms with Crippen LogP contribution in [0.2, 0.25) is 0 Å². The van der Waals surface area contributed by atoms with Gasteiger partial charge in [-0.2, -0.15) is 0 Å². The van der Waals surface area contributed by atoms with Crippen LogP contribution in [0.1, 0.15) is 25.2 Å². The van der Waals surface area contributed by atoms with Crippen molar-refractivity contribution in [2.24, 2.45) is 5.73 Å². The topological polar surface area (TPSA) is 43.8 Å². The van der Waals surface area contributed by atoms with Gasteiger partial charge in [0.25, 0.3) is 0 Å². The highest BCUT2D eigenvalue weighted by atomic mass is 19.1. The van der Waals surface area contributed by atoms with E-state index < -0.39 is 11.6 Å². The van der Waals surface area contributed by atoms with Crippen LogP contribution in [-0.4, -0.2) is 15.6 Å². The molecule has 100 valence electrons. The minimum atomic E-state index is -0.466. The van der Waals surface area contributed by atoms with Crippen LogP contribution in [-0.2, 0) is 6.42 Å². The summed E-state index contributed by atoms with van der Waals surface area (Å²) in [5.41, 5.74) is 6.67. The molecule has 0 fully saturated rings. The fourth-order valence-corrected chi connectivity index (χ4v) is 2.54. The molecule has 1 aromatic heterocycles. The normalized spacial score (nSPS) is 22.3. The van der Waals surface area contributed by atoms with Crippen LogP contribution in [0.15, 0.2) is 24.4 Å². The van der Waals surface area contributed by atoms with E-state index in [0.29, 0.717) is 5.69 Å². The number of hydrogen-bond donors (Lipinski definition) is 1. The summed E-state index contributed by atoms with van der Waals surface area (Å²) >= 11 is 0. The maximum Gasteiger partial charge on any atom is 0.132 e. The summed E-state index contributed by atoms with van der Waals surface area (Å²) in [4.78, 5) is 4.41. The molecule has 0 aliphatic carbocycles. The quantitative estimate of drug-likeness (QED) is 0.859. The molecular formula is C14H15F2N3. The average Bonchev–Trinajstić information content (AvgIpc) is 2.81. The Kier molecular flexibility index (Phi) is 2.86. The maximum atomic E-state index is 13.8. The second-order valence-corrected chi connectivity index (χ2v) is 5.02. The molecule has 0 amide bonds. The van der Waals surface area contributed by atoms with E-state index in [0.717, 1.165) is 30.8 Å². The molecule has 5 heteroatoms. The van der Waals surface area contributed by atoms with Gasteiger partial charge in [-0.3, -0.25) is 0 Å². The van der Waals surface area contributed by atoms with Crippen LogP contribution in [0.3, 0.4) is 0 Å². The molecule has 0 bridgehead atoms. The number of nitrogens with zero attached hydrogens (tertiary/aromatic N) is 2. The average molecular weight is 263 g/mol. The Balaban J connectivity index is 2.08. The standard InChI is InChI=1S/C14H15F2N3/c1-8-12(17)4-5-14-18-13(7-19(8)14)10-6-9(15)2-3-11(10)16/h2-3,6-8,12H,4-5,17H2,1H3. The number of imidazole rings is 1. The molecule has 0 saturated carbocycles. The van der Waals surface area contributed by atoms with Crippen LogP contribution >= 0.6 is 0 Å². The van der Waals surface area contributed by atoms with Gasteiger partial charge in [-0.05, 0) is 31.5 Å². The molecule has 2 unspecified atom stereocenters. The summed E-state index contributed by atoms with van der Waals surface area (Å²) in [5.74, 6) is -0.0474. The fourth-order valence-electron chi connectivity index (χ4n) is 2.54. The van der Waals surface area contributed by atoms with E-state index in [9.17, 15) is 8.78 Å². The third kappa shape index (κ3) is 2.04. The van der Waals surface area contributed by atoms with Gasteiger partial charge in [0.15, 0.2) is 0 Å². The Hall–Kier alpha value is -1.75. The third-order valence-electron chi connectivity index (χ3n) is 3.77. The Morgan fingerprint density at radius 2 is 2.16 bits per heavy atom. The lowest BCUT2D eigenvalue weighted by atomic mass is 10.0. The predicted molar refractivity (Wildman–Crippen MR) is 68.6 cm³/mol. The van der Waals surface area contributed by atoms with Crippen molar-refractivity contribution in [2.45, 2.75) is 31.8 Å². The lowest BCUT2D eigenvalue weighted by Gasteiger charge is -2.27. The molecule has 2 atom stereocenters. The minimum absolute atomic E-state index is 0.0758. The van der Waals surface area contributed by atoms with Gasteiger partial charge in [-0.25, -0.2) is 13.8 Å². The first-order chi connectivity index (χ1) is 9.06. The van der Waals surface area contributed by atoms with Gasteiger partial charge in [-0.1, -0.05) is 0 Å². The van der Waals surface area contributed by atoms with Gasteiger partial charge in [0, 0.05) is 30.3 Å². The van der Waals surface area contributed by atoms with E-state index in [1.807, 2.05) is 11.5 Å².